The van der Waals surface area contributed by atoms with Crippen molar-refractivity contribution in [2.75, 3.05) is 0 Å². The molecule has 52 valence electrons. The Morgan fingerprint density at radius 2 is 2.33 bits per heavy atom. The highest BCUT2D eigenvalue weighted by Gasteiger charge is 2.15. The average molecular weight is 129 g/mol. The first kappa shape index (κ1) is 8.17. The van der Waals surface area contributed by atoms with Crippen molar-refractivity contribution in [3.05, 3.63) is 12.7 Å². The second-order valence-electron chi connectivity index (χ2n) is 1.96. The molecule has 0 aromatic rings. The number of carbonyl (C=O) groups is 1. The van der Waals surface area contributed by atoms with Crippen LogP contribution >= 0.6 is 0 Å². The lowest BCUT2D eigenvalue weighted by Crippen LogP contribution is -2.35. The zero-order chi connectivity index (χ0) is 7.44. The minimum Gasteiger partial charge on any atom is -0.480 e. The number of nitrogens with two attached hydrogens (primary N) is 1. The van der Waals surface area contributed by atoms with Gasteiger partial charge in [-0.1, -0.05) is 13.0 Å². The Bertz CT molecular complexity index is 122. The minimum atomic E-state index is -0.984. The Morgan fingerprint density at radius 3 is 2.44 bits per heavy atom. The number of carboxylic acids is 1. The summed E-state index contributed by atoms with van der Waals surface area (Å²) in [6.45, 7) is 5.13. The summed E-state index contributed by atoms with van der Waals surface area (Å²) in [6, 6.07) is -0.817. The molecule has 0 aromatic heterocycles. The molecule has 0 aliphatic carbocycles. The molecule has 9 heavy (non-hydrogen) atoms. The number of hydrogen-bond acceptors (Lipinski definition) is 2. The zero-order valence-corrected chi connectivity index (χ0v) is 5.37. The van der Waals surface area contributed by atoms with Gasteiger partial charge in [0.25, 0.3) is 0 Å². The second kappa shape index (κ2) is 3.25. The van der Waals surface area contributed by atoms with E-state index < -0.39 is 12.0 Å². The van der Waals surface area contributed by atoms with Crippen molar-refractivity contribution in [1.29, 1.82) is 0 Å². The largest absolute Gasteiger partial charge is 0.480 e. The fraction of sp³-hybridized carbons (Fsp3) is 0.500. The molecule has 0 aliphatic rings. The highest BCUT2D eigenvalue weighted by Crippen LogP contribution is 1.99. The third kappa shape index (κ3) is 2.28. The molecular weight excluding hydrogens is 118 g/mol. The van der Waals surface area contributed by atoms with Crippen LogP contribution in [0.2, 0.25) is 0 Å². The molecule has 0 radical (unpaired) electrons. The molecular formula is C6H11NO2. The molecule has 0 rings (SSSR count). The molecule has 0 unspecified atom stereocenters. The summed E-state index contributed by atoms with van der Waals surface area (Å²) in [5.74, 6) is -1.15. The lowest BCUT2D eigenvalue weighted by Gasteiger charge is -2.09. The number of carboxylic acid groups (broad SMARTS) is 1. The van der Waals surface area contributed by atoms with E-state index in [1.165, 1.54) is 6.08 Å². The van der Waals surface area contributed by atoms with E-state index in [2.05, 4.69) is 6.58 Å². The van der Waals surface area contributed by atoms with Gasteiger partial charge in [-0.25, -0.2) is 0 Å². The first-order valence-corrected chi connectivity index (χ1v) is 2.70. The SMILES string of the molecule is C=C[C@@H](C)[C@@H](N)C(=O)O. The second-order valence-corrected chi connectivity index (χ2v) is 1.96. The summed E-state index contributed by atoms with van der Waals surface area (Å²) in [5.41, 5.74) is 5.20. The summed E-state index contributed by atoms with van der Waals surface area (Å²) in [5, 5.41) is 8.31. The molecule has 0 aromatic carbocycles. The molecule has 3 heteroatoms. The molecule has 0 amide bonds. The Hall–Kier alpha value is -0.830. The van der Waals surface area contributed by atoms with Gasteiger partial charge in [0.15, 0.2) is 0 Å². The van der Waals surface area contributed by atoms with Gasteiger partial charge in [-0.2, -0.15) is 0 Å². The smallest absolute Gasteiger partial charge is 0.321 e. The van der Waals surface area contributed by atoms with Gasteiger partial charge < -0.3 is 10.8 Å². The van der Waals surface area contributed by atoms with Gasteiger partial charge in [0, 0.05) is 0 Å². The van der Waals surface area contributed by atoms with E-state index in [0.29, 0.717) is 0 Å². The highest BCUT2D eigenvalue weighted by molar-refractivity contribution is 5.73. The zero-order valence-electron chi connectivity index (χ0n) is 5.37. The maximum absolute atomic E-state index is 10.1. The normalized spacial score (nSPS) is 16.2. The third-order valence-corrected chi connectivity index (χ3v) is 1.22. The number of rotatable bonds is 3. The number of aliphatic carboxylic acids is 1. The molecule has 0 fully saturated rings. The Morgan fingerprint density at radius 1 is 1.89 bits per heavy atom. The van der Waals surface area contributed by atoms with Gasteiger partial charge in [0.1, 0.15) is 6.04 Å². The monoisotopic (exact) mass is 129 g/mol. The van der Waals surface area contributed by atoms with Crippen molar-refractivity contribution in [2.24, 2.45) is 11.7 Å². The van der Waals surface area contributed by atoms with Crippen LogP contribution in [0.5, 0.6) is 0 Å². The van der Waals surface area contributed by atoms with Gasteiger partial charge in [-0.15, -0.1) is 6.58 Å². The van der Waals surface area contributed by atoms with Gasteiger partial charge in [-0.05, 0) is 5.92 Å². The van der Waals surface area contributed by atoms with E-state index in [4.69, 9.17) is 10.8 Å². The summed E-state index contributed by atoms with van der Waals surface area (Å²) >= 11 is 0. The van der Waals surface area contributed by atoms with Crippen LogP contribution in [-0.4, -0.2) is 17.1 Å². The Labute approximate surface area is 54.2 Å². The van der Waals surface area contributed by atoms with Crippen molar-refractivity contribution < 1.29 is 9.90 Å². The van der Waals surface area contributed by atoms with Crippen LogP contribution in [0.4, 0.5) is 0 Å². The molecule has 0 saturated carbocycles. The summed E-state index contributed by atoms with van der Waals surface area (Å²) in [7, 11) is 0. The van der Waals surface area contributed by atoms with Crippen molar-refractivity contribution in [2.45, 2.75) is 13.0 Å². The summed E-state index contributed by atoms with van der Waals surface area (Å²) in [6.07, 6.45) is 1.53. The predicted octanol–water partition coefficient (Wildman–Crippen LogP) is 0.220. The fourth-order valence-electron chi connectivity index (χ4n) is 0.372. The molecule has 3 N–H and O–H groups in total. The first-order chi connectivity index (χ1) is 4.09. The van der Waals surface area contributed by atoms with E-state index in [1.54, 1.807) is 6.92 Å². The lowest BCUT2D eigenvalue weighted by atomic mass is 10.0. The Balaban J connectivity index is 3.86. The Kier molecular flexibility index (Phi) is 2.95. The molecule has 0 aliphatic heterocycles. The molecule has 3 nitrogen and oxygen atoms in total. The predicted molar refractivity (Wildman–Crippen MR) is 35.0 cm³/mol. The van der Waals surface area contributed by atoms with E-state index in [0.717, 1.165) is 0 Å². The molecule has 0 bridgehead atoms. The fourth-order valence-corrected chi connectivity index (χ4v) is 0.372. The molecule has 0 spiro atoms. The van der Waals surface area contributed by atoms with Gasteiger partial charge in [0.05, 0.1) is 0 Å². The highest BCUT2D eigenvalue weighted by atomic mass is 16.4. The minimum absolute atomic E-state index is 0.164. The third-order valence-electron chi connectivity index (χ3n) is 1.22. The molecule has 0 saturated heterocycles. The van der Waals surface area contributed by atoms with Crippen LogP contribution in [0.1, 0.15) is 6.92 Å². The lowest BCUT2D eigenvalue weighted by molar-refractivity contribution is -0.139. The van der Waals surface area contributed by atoms with Crippen molar-refractivity contribution in [1.82, 2.24) is 0 Å². The first-order valence-electron chi connectivity index (χ1n) is 2.70. The topological polar surface area (TPSA) is 63.3 Å². The van der Waals surface area contributed by atoms with Crippen molar-refractivity contribution in [3.63, 3.8) is 0 Å². The van der Waals surface area contributed by atoms with Crippen LogP contribution < -0.4 is 5.73 Å². The van der Waals surface area contributed by atoms with Gasteiger partial charge in [0.2, 0.25) is 0 Å². The van der Waals surface area contributed by atoms with Crippen LogP contribution in [0.3, 0.4) is 0 Å². The van der Waals surface area contributed by atoms with E-state index in [-0.39, 0.29) is 5.92 Å². The standard InChI is InChI=1S/C6H11NO2/c1-3-4(2)5(7)6(8)9/h3-5H,1,7H2,2H3,(H,8,9)/t4-,5-/m1/s1. The maximum Gasteiger partial charge on any atom is 0.321 e. The maximum atomic E-state index is 10.1. The van der Waals surface area contributed by atoms with E-state index in [9.17, 15) is 4.79 Å². The van der Waals surface area contributed by atoms with E-state index in [1.807, 2.05) is 0 Å². The number of hydrogen-bond donors (Lipinski definition) is 2. The van der Waals surface area contributed by atoms with Crippen LogP contribution in [-0.2, 0) is 4.79 Å². The van der Waals surface area contributed by atoms with Gasteiger partial charge >= 0.3 is 5.97 Å². The van der Waals surface area contributed by atoms with Crippen molar-refractivity contribution >= 4 is 5.97 Å². The van der Waals surface area contributed by atoms with Crippen LogP contribution in [0.25, 0.3) is 0 Å². The van der Waals surface area contributed by atoms with Crippen LogP contribution in [0.15, 0.2) is 12.7 Å². The average Bonchev–Trinajstić information content (AvgIpc) is 1.84. The van der Waals surface area contributed by atoms with Gasteiger partial charge in [-0.3, -0.25) is 4.79 Å². The molecule has 0 heterocycles. The summed E-state index contributed by atoms with van der Waals surface area (Å²) in [4.78, 5) is 10.1. The van der Waals surface area contributed by atoms with Crippen molar-refractivity contribution in [3.8, 4) is 0 Å². The van der Waals surface area contributed by atoms with Crippen LogP contribution in [0, 0.1) is 5.92 Å². The quantitative estimate of drug-likeness (QED) is 0.536. The molecule has 2 atom stereocenters. The summed E-state index contributed by atoms with van der Waals surface area (Å²) < 4.78 is 0. The van der Waals surface area contributed by atoms with E-state index >= 15 is 0 Å².